The molecule has 1 aromatic rings. The highest BCUT2D eigenvalue weighted by Crippen LogP contribution is 2.26. The van der Waals surface area contributed by atoms with Gasteiger partial charge in [0.15, 0.2) is 0 Å². The van der Waals surface area contributed by atoms with Gasteiger partial charge >= 0.3 is 0 Å². The van der Waals surface area contributed by atoms with Gasteiger partial charge in [-0.25, -0.2) is 0 Å². The molecule has 2 aliphatic rings. The molecule has 0 amide bonds. The van der Waals surface area contributed by atoms with Gasteiger partial charge in [-0.05, 0) is 18.4 Å². The summed E-state index contributed by atoms with van der Waals surface area (Å²) in [6.07, 6.45) is 2.96. The maximum absolute atomic E-state index is 4.89. The van der Waals surface area contributed by atoms with Crippen molar-refractivity contribution >= 4 is 0 Å². The summed E-state index contributed by atoms with van der Waals surface area (Å²) < 4.78 is 4.89. The molecule has 1 N–H and O–H groups in total. The summed E-state index contributed by atoms with van der Waals surface area (Å²) in [5, 5.41) is 7.47. The van der Waals surface area contributed by atoms with Crippen molar-refractivity contribution in [1.29, 1.82) is 0 Å². The minimum Gasteiger partial charge on any atom is -0.364 e. The highest BCUT2D eigenvalue weighted by atomic mass is 16.5. The fraction of sp³-hybridized carbons (Fsp3) is 0.786. The highest BCUT2D eigenvalue weighted by Gasteiger charge is 2.31. The van der Waals surface area contributed by atoms with Crippen LogP contribution in [0.25, 0.3) is 0 Å². The zero-order valence-electron chi connectivity index (χ0n) is 11.8. The van der Waals surface area contributed by atoms with E-state index in [1.807, 2.05) is 6.07 Å². The van der Waals surface area contributed by atoms with Crippen molar-refractivity contribution in [3.63, 3.8) is 0 Å². The van der Waals surface area contributed by atoms with Crippen molar-refractivity contribution in [2.24, 2.45) is 5.41 Å². The van der Waals surface area contributed by atoms with Gasteiger partial charge in [0.25, 0.3) is 0 Å². The van der Waals surface area contributed by atoms with Gasteiger partial charge in [0.1, 0.15) is 6.26 Å². The summed E-state index contributed by atoms with van der Waals surface area (Å²) in [4.78, 5) is 5.08. The van der Waals surface area contributed by atoms with Crippen LogP contribution in [0.2, 0.25) is 0 Å². The number of nitrogens with one attached hydrogen (secondary N) is 1. The largest absolute Gasteiger partial charge is 0.364 e. The molecule has 0 bridgehead atoms. The van der Waals surface area contributed by atoms with Crippen molar-refractivity contribution in [1.82, 2.24) is 20.3 Å². The van der Waals surface area contributed by atoms with Crippen LogP contribution in [0.1, 0.15) is 19.0 Å². The lowest BCUT2D eigenvalue weighted by molar-refractivity contribution is 0.0920. The predicted octanol–water partition coefficient (Wildman–Crippen LogP) is 0.792. The van der Waals surface area contributed by atoms with Crippen LogP contribution in [0.3, 0.4) is 0 Å². The average molecular weight is 264 g/mol. The zero-order valence-corrected chi connectivity index (χ0v) is 11.8. The van der Waals surface area contributed by atoms with Gasteiger partial charge in [-0.1, -0.05) is 12.1 Å². The van der Waals surface area contributed by atoms with Crippen LogP contribution in [0, 0.1) is 5.41 Å². The third-order valence-corrected chi connectivity index (χ3v) is 4.40. The molecule has 0 aliphatic carbocycles. The smallest absolute Gasteiger partial charge is 0.124 e. The fourth-order valence-electron chi connectivity index (χ4n) is 3.20. The zero-order chi connectivity index (χ0) is 13.1. The molecule has 0 radical (unpaired) electrons. The molecule has 1 unspecified atom stereocenters. The Bertz CT molecular complexity index is 378. The van der Waals surface area contributed by atoms with E-state index in [1.165, 1.54) is 39.1 Å². The second-order valence-corrected chi connectivity index (χ2v) is 6.28. The molecular formula is C14H24N4O. The minimum absolute atomic E-state index is 0.480. The summed E-state index contributed by atoms with van der Waals surface area (Å²) in [5.74, 6) is 0. The van der Waals surface area contributed by atoms with Crippen molar-refractivity contribution < 1.29 is 4.52 Å². The van der Waals surface area contributed by atoms with Gasteiger partial charge in [0, 0.05) is 51.9 Å². The second-order valence-electron chi connectivity index (χ2n) is 6.28. The first kappa shape index (κ1) is 13.1. The highest BCUT2D eigenvalue weighted by molar-refractivity contribution is 4.95. The molecule has 2 saturated heterocycles. The lowest BCUT2D eigenvalue weighted by Crippen LogP contribution is -2.49. The standard InChI is InChI=1S/C14H24N4O/c1-14(3-4-15-11-14)12-18-7-5-17(6-8-18)10-13-2-9-19-16-13/h2,9,15H,3-8,10-12H2,1H3. The molecule has 5 heteroatoms. The van der Waals surface area contributed by atoms with Crippen LogP contribution in [-0.4, -0.2) is 60.8 Å². The number of rotatable bonds is 4. The molecule has 106 valence electrons. The Morgan fingerprint density at radius 1 is 1.32 bits per heavy atom. The number of nitrogens with zero attached hydrogens (tertiary/aromatic N) is 3. The SMILES string of the molecule is CC1(CN2CCN(Cc3ccon3)CC2)CCNC1. The minimum atomic E-state index is 0.480. The normalized spacial score (nSPS) is 29.9. The second kappa shape index (κ2) is 5.61. The van der Waals surface area contributed by atoms with Gasteiger partial charge in [-0.3, -0.25) is 4.90 Å². The van der Waals surface area contributed by atoms with Gasteiger partial charge in [0.05, 0.1) is 5.69 Å². The third kappa shape index (κ3) is 3.35. The maximum Gasteiger partial charge on any atom is 0.124 e. The first-order valence-electron chi connectivity index (χ1n) is 7.28. The Morgan fingerprint density at radius 2 is 2.11 bits per heavy atom. The third-order valence-electron chi connectivity index (χ3n) is 4.40. The molecule has 1 aromatic heterocycles. The predicted molar refractivity (Wildman–Crippen MR) is 73.8 cm³/mol. The Hall–Kier alpha value is -0.910. The van der Waals surface area contributed by atoms with Crippen LogP contribution in [0.15, 0.2) is 16.9 Å². The number of hydrogen-bond acceptors (Lipinski definition) is 5. The summed E-state index contributed by atoms with van der Waals surface area (Å²) in [7, 11) is 0. The van der Waals surface area contributed by atoms with Crippen LogP contribution in [0.5, 0.6) is 0 Å². The maximum atomic E-state index is 4.89. The lowest BCUT2D eigenvalue weighted by Gasteiger charge is -2.38. The quantitative estimate of drug-likeness (QED) is 0.871. The monoisotopic (exact) mass is 264 g/mol. The van der Waals surface area contributed by atoms with Gasteiger partial charge in [-0.2, -0.15) is 0 Å². The van der Waals surface area contributed by atoms with E-state index in [0.717, 1.165) is 25.3 Å². The summed E-state index contributed by atoms with van der Waals surface area (Å²) in [5.41, 5.74) is 1.52. The Morgan fingerprint density at radius 3 is 2.74 bits per heavy atom. The van der Waals surface area contributed by atoms with Crippen molar-refractivity contribution in [3.8, 4) is 0 Å². The van der Waals surface area contributed by atoms with E-state index in [2.05, 4.69) is 27.2 Å². The Labute approximate surface area is 114 Å². The summed E-state index contributed by atoms with van der Waals surface area (Å²) in [6, 6.07) is 1.96. The molecule has 5 nitrogen and oxygen atoms in total. The fourth-order valence-corrected chi connectivity index (χ4v) is 3.20. The topological polar surface area (TPSA) is 44.5 Å². The molecule has 0 spiro atoms. The number of hydrogen-bond donors (Lipinski definition) is 1. The first-order chi connectivity index (χ1) is 9.23. The summed E-state index contributed by atoms with van der Waals surface area (Å²) in [6.45, 7) is 11.5. The summed E-state index contributed by atoms with van der Waals surface area (Å²) >= 11 is 0. The van der Waals surface area contributed by atoms with Crippen molar-refractivity contribution in [2.75, 3.05) is 45.8 Å². The molecule has 19 heavy (non-hydrogen) atoms. The number of piperazine rings is 1. The van der Waals surface area contributed by atoms with Crippen molar-refractivity contribution in [2.45, 2.75) is 19.9 Å². The van der Waals surface area contributed by atoms with E-state index in [0.29, 0.717) is 5.41 Å². The first-order valence-corrected chi connectivity index (χ1v) is 7.28. The van der Waals surface area contributed by atoms with E-state index in [4.69, 9.17) is 4.52 Å². The van der Waals surface area contributed by atoms with E-state index < -0.39 is 0 Å². The van der Waals surface area contributed by atoms with Crippen LogP contribution in [0.4, 0.5) is 0 Å². The molecule has 3 heterocycles. The van der Waals surface area contributed by atoms with Crippen molar-refractivity contribution in [3.05, 3.63) is 18.0 Å². The van der Waals surface area contributed by atoms with E-state index >= 15 is 0 Å². The Kier molecular flexibility index (Phi) is 3.86. The van der Waals surface area contributed by atoms with E-state index in [1.54, 1.807) is 6.26 Å². The molecule has 0 saturated carbocycles. The number of aromatic nitrogens is 1. The molecule has 2 aliphatic heterocycles. The molecule has 1 atom stereocenters. The Balaban J connectivity index is 1.44. The van der Waals surface area contributed by atoms with Gasteiger partial charge in [-0.15, -0.1) is 0 Å². The van der Waals surface area contributed by atoms with Gasteiger partial charge < -0.3 is 14.7 Å². The molecular weight excluding hydrogens is 240 g/mol. The molecule has 3 rings (SSSR count). The molecule has 0 aromatic carbocycles. The molecule has 2 fully saturated rings. The lowest BCUT2D eigenvalue weighted by atomic mass is 9.89. The van der Waals surface area contributed by atoms with Crippen LogP contribution in [-0.2, 0) is 6.54 Å². The van der Waals surface area contributed by atoms with Crippen LogP contribution < -0.4 is 5.32 Å². The van der Waals surface area contributed by atoms with E-state index in [-0.39, 0.29) is 0 Å². The van der Waals surface area contributed by atoms with Crippen LogP contribution >= 0.6 is 0 Å². The van der Waals surface area contributed by atoms with Gasteiger partial charge in [0.2, 0.25) is 0 Å². The average Bonchev–Trinajstić information content (AvgIpc) is 3.04. The van der Waals surface area contributed by atoms with E-state index in [9.17, 15) is 0 Å².